The van der Waals surface area contributed by atoms with Crippen molar-refractivity contribution in [1.29, 1.82) is 0 Å². The van der Waals surface area contributed by atoms with Crippen LogP contribution in [0.2, 0.25) is 0 Å². The molecule has 1 heterocycles. The number of benzene rings is 2. The predicted octanol–water partition coefficient (Wildman–Crippen LogP) is 2.31. The summed E-state index contributed by atoms with van der Waals surface area (Å²) in [7, 11) is 0. The number of amides is 1. The molecule has 2 aromatic carbocycles. The zero-order chi connectivity index (χ0) is 14.7. The highest BCUT2D eigenvalue weighted by atomic mass is 16.2. The van der Waals surface area contributed by atoms with Crippen LogP contribution >= 0.6 is 0 Å². The summed E-state index contributed by atoms with van der Waals surface area (Å²) < 4.78 is 1.61. The van der Waals surface area contributed by atoms with Gasteiger partial charge in [0.15, 0.2) is 0 Å². The Morgan fingerprint density at radius 2 is 1.86 bits per heavy atom. The topological polar surface area (TPSA) is 59.8 Å². The van der Waals surface area contributed by atoms with Gasteiger partial charge in [-0.05, 0) is 24.6 Å². The second-order valence-corrected chi connectivity index (χ2v) is 4.94. The number of fused-ring (bicyclic) bond motifs is 1. The van der Waals surface area contributed by atoms with Gasteiger partial charge in [0.25, 0.3) is 0 Å². The predicted molar refractivity (Wildman–Crippen MR) is 80.5 cm³/mol. The molecule has 3 aromatic rings. The molecule has 0 spiro atoms. The van der Waals surface area contributed by atoms with Gasteiger partial charge < -0.3 is 5.32 Å². The lowest BCUT2D eigenvalue weighted by molar-refractivity contribution is -0.122. The highest BCUT2D eigenvalue weighted by Gasteiger charge is 2.12. The summed E-state index contributed by atoms with van der Waals surface area (Å²) in [6.07, 6.45) is 0. The molecule has 106 valence electrons. The highest BCUT2D eigenvalue weighted by molar-refractivity contribution is 5.79. The summed E-state index contributed by atoms with van der Waals surface area (Å²) in [6.45, 7) is 2.13. The Kier molecular flexibility index (Phi) is 3.64. The molecule has 1 atom stereocenters. The van der Waals surface area contributed by atoms with E-state index < -0.39 is 0 Å². The minimum absolute atomic E-state index is 0.0338. The first-order valence-electron chi connectivity index (χ1n) is 6.86. The molecule has 0 bridgehead atoms. The van der Waals surface area contributed by atoms with Crippen LogP contribution in [-0.4, -0.2) is 20.9 Å². The van der Waals surface area contributed by atoms with Crippen LogP contribution in [0.4, 0.5) is 0 Å². The van der Waals surface area contributed by atoms with Crippen molar-refractivity contribution in [2.75, 3.05) is 0 Å². The Bertz CT molecular complexity index is 751. The van der Waals surface area contributed by atoms with Crippen LogP contribution in [0.5, 0.6) is 0 Å². The van der Waals surface area contributed by atoms with Crippen LogP contribution in [0.3, 0.4) is 0 Å². The van der Waals surface area contributed by atoms with Crippen molar-refractivity contribution in [3.63, 3.8) is 0 Å². The standard InChI is InChI=1S/C16H16N4O/c1-12(13-7-3-2-4-8-13)17-16(21)11-20-15-10-6-5-9-14(15)18-19-20/h2-10,12H,11H2,1H3,(H,17,21). The maximum atomic E-state index is 12.1. The smallest absolute Gasteiger partial charge is 0.242 e. The van der Waals surface area contributed by atoms with Crippen molar-refractivity contribution in [1.82, 2.24) is 20.3 Å². The number of rotatable bonds is 4. The van der Waals surface area contributed by atoms with E-state index in [1.807, 2.05) is 61.5 Å². The van der Waals surface area contributed by atoms with E-state index in [0.29, 0.717) is 0 Å². The van der Waals surface area contributed by atoms with E-state index in [9.17, 15) is 4.79 Å². The molecule has 0 fully saturated rings. The van der Waals surface area contributed by atoms with Gasteiger partial charge in [0, 0.05) is 0 Å². The lowest BCUT2D eigenvalue weighted by Gasteiger charge is -2.14. The second-order valence-electron chi connectivity index (χ2n) is 4.94. The Morgan fingerprint density at radius 3 is 2.67 bits per heavy atom. The largest absolute Gasteiger partial charge is 0.348 e. The third-order valence-corrected chi connectivity index (χ3v) is 3.39. The van der Waals surface area contributed by atoms with Gasteiger partial charge in [0.05, 0.1) is 11.6 Å². The molecule has 0 saturated heterocycles. The number of hydrogen-bond acceptors (Lipinski definition) is 3. The average molecular weight is 280 g/mol. The average Bonchev–Trinajstić information content (AvgIpc) is 2.91. The first kappa shape index (κ1) is 13.3. The van der Waals surface area contributed by atoms with Crippen LogP contribution in [-0.2, 0) is 11.3 Å². The summed E-state index contributed by atoms with van der Waals surface area (Å²) in [4.78, 5) is 12.1. The van der Waals surface area contributed by atoms with Gasteiger partial charge in [-0.3, -0.25) is 4.79 Å². The van der Waals surface area contributed by atoms with E-state index >= 15 is 0 Å². The van der Waals surface area contributed by atoms with E-state index in [1.54, 1.807) is 4.68 Å². The second kappa shape index (κ2) is 5.75. The molecule has 3 rings (SSSR count). The Morgan fingerprint density at radius 1 is 1.14 bits per heavy atom. The molecule has 21 heavy (non-hydrogen) atoms. The zero-order valence-electron chi connectivity index (χ0n) is 11.7. The van der Waals surface area contributed by atoms with Crippen molar-refractivity contribution in [3.05, 3.63) is 60.2 Å². The van der Waals surface area contributed by atoms with Crippen LogP contribution in [0.1, 0.15) is 18.5 Å². The van der Waals surface area contributed by atoms with Gasteiger partial charge in [0.1, 0.15) is 12.1 Å². The van der Waals surface area contributed by atoms with Gasteiger partial charge in [0.2, 0.25) is 5.91 Å². The fourth-order valence-corrected chi connectivity index (χ4v) is 2.28. The Labute approximate surface area is 122 Å². The number of nitrogens with zero attached hydrogens (tertiary/aromatic N) is 3. The van der Waals surface area contributed by atoms with E-state index in [-0.39, 0.29) is 18.5 Å². The first-order chi connectivity index (χ1) is 10.2. The summed E-state index contributed by atoms with van der Waals surface area (Å²) in [6, 6.07) is 17.4. The molecule has 5 heteroatoms. The lowest BCUT2D eigenvalue weighted by Crippen LogP contribution is -2.30. The van der Waals surface area contributed by atoms with Crippen molar-refractivity contribution in [2.45, 2.75) is 19.5 Å². The Balaban J connectivity index is 1.69. The molecule has 0 aliphatic carbocycles. The number of nitrogens with one attached hydrogen (secondary N) is 1. The summed E-state index contributed by atoms with van der Waals surface area (Å²) >= 11 is 0. The summed E-state index contributed by atoms with van der Waals surface area (Å²) in [5, 5.41) is 11.0. The minimum Gasteiger partial charge on any atom is -0.348 e. The van der Waals surface area contributed by atoms with Crippen molar-refractivity contribution in [2.24, 2.45) is 0 Å². The SMILES string of the molecule is CC(NC(=O)Cn1nnc2ccccc21)c1ccccc1. The Hall–Kier alpha value is -2.69. The maximum Gasteiger partial charge on any atom is 0.242 e. The van der Waals surface area contributed by atoms with Gasteiger partial charge in [-0.15, -0.1) is 5.10 Å². The number of carbonyl (C=O) groups is 1. The fraction of sp³-hybridized carbons (Fsp3) is 0.188. The lowest BCUT2D eigenvalue weighted by atomic mass is 10.1. The van der Waals surface area contributed by atoms with E-state index in [2.05, 4.69) is 15.6 Å². The number of hydrogen-bond donors (Lipinski definition) is 1. The molecule has 0 saturated carbocycles. The third-order valence-electron chi connectivity index (χ3n) is 3.39. The monoisotopic (exact) mass is 280 g/mol. The van der Waals surface area contributed by atoms with Crippen LogP contribution in [0.15, 0.2) is 54.6 Å². The van der Waals surface area contributed by atoms with Crippen molar-refractivity contribution < 1.29 is 4.79 Å². The van der Waals surface area contributed by atoms with Crippen molar-refractivity contribution in [3.8, 4) is 0 Å². The quantitative estimate of drug-likeness (QED) is 0.797. The zero-order valence-corrected chi connectivity index (χ0v) is 11.7. The number of aromatic nitrogens is 3. The van der Waals surface area contributed by atoms with E-state index in [4.69, 9.17) is 0 Å². The molecular formula is C16H16N4O. The molecule has 0 aliphatic rings. The molecule has 1 unspecified atom stereocenters. The van der Waals surface area contributed by atoms with Crippen LogP contribution in [0.25, 0.3) is 11.0 Å². The van der Waals surface area contributed by atoms with Crippen LogP contribution in [0, 0.1) is 0 Å². The molecule has 5 nitrogen and oxygen atoms in total. The highest BCUT2D eigenvalue weighted by Crippen LogP contribution is 2.12. The van der Waals surface area contributed by atoms with Gasteiger partial charge in [-0.1, -0.05) is 47.7 Å². The van der Waals surface area contributed by atoms with E-state index in [0.717, 1.165) is 16.6 Å². The molecule has 1 aromatic heterocycles. The fourth-order valence-electron chi connectivity index (χ4n) is 2.28. The summed E-state index contributed by atoms with van der Waals surface area (Å²) in [5.74, 6) is -0.0815. The van der Waals surface area contributed by atoms with Crippen LogP contribution < -0.4 is 5.32 Å². The third kappa shape index (κ3) is 2.91. The summed E-state index contributed by atoms with van der Waals surface area (Å²) in [5.41, 5.74) is 2.73. The number of carbonyl (C=O) groups excluding carboxylic acids is 1. The van der Waals surface area contributed by atoms with E-state index in [1.165, 1.54) is 0 Å². The first-order valence-corrected chi connectivity index (χ1v) is 6.86. The minimum atomic E-state index is -0.0815. The van der Waals surface area contributed by atoms with Crippen molar-refractivity contribution >= 4 is 16.9 Å². The number of para-hydroxylation sites is 1. The van der Waals surface area contributed by atoms with Gasteiger partial charge in [-0.25, -0.2) is 4.68 Å². The van der Waals surface area contributed by atoms with Gasteiger partial charge in [-0.2, -0.15) is 0 Å². The molecule has 1 amide bonds. The van der Waals surface area contributed by atoms with Gasteiger partial charge >= 0.3 is 0 Å². The normalized spacial score (nSPS) is 12.2. The molecular weight excluding hydrogens is 264 g/mol. The molecule has 1 N–H and O–H groups in total. The molecule has 0 aliphatic heterocycles. The molecule has 0 radical (unpaired) electrons. The maximum absolute atomic E-state index is 12.1.